The number of methoxy groups -OCH3 is 1. The first-order valence-corrected chi connectivity index (χ1v) is 6.46. The maximum Gasteiger partial charge on any atom is 0.254 e. The highest BCUT2D eigenvalue weighted by atomic mass is 16.5. The number of benzene rings is 1. The van der Waals surface area contributed by atoms with Crippen molar-refractivity contribution >= 4 is 16.8 Å². The van der Waals surface area contributed by atoms with Gasteiger partial charge in [0.25, 0.3) is 5.91 Å². The number of hydrogen-bond acceptors (Lipinski definition) is 3. The lowest BCUT2D eigenvalue weighted by Crippen LogP contribution is -2.40. The van der Waals surface area contributed by atoms with Crippen LogP contribution in [0.15, 0.2) is 18.2 Å². The molecule has 2 rings (SSSR count). The molecule has 2 N–H and O–H groups in total. The molecule has 0 saturated heterocycles. The number of carbonyl (C=O) groups excluding carboxylic acids is 1. The number of nitrogens with zero attached hydrogens (tertiary/aromatic N) is 1. The van der Waals surface area contributed by atoms with Gasteiger partial charge in [-0.05, 0) is 33.8 Å². The molecule has 5 nitrogen and oxygen atoms in total. The summed E-state index contributed by atoms with van der Waals surface area (Å²) in [4.78, 5) is 12.4. The van der Waals surface area contributed by atoms with Crippen molar-refractivity contribution in [2.75, 3.05) is 7.11 Å². The lowest BCUT2D eigenvalue weighted by molar-refractivity contribution is 0.0917. The molecule has 0 radical (unpaired) electrons. The van der Waals surface area contributed by atoms with Crippen LogP contribution in [-0.4, -0.2) is 28.5 Å². The van der Waals surface area contributed by atoms with Crippen molar-refractivity contribution in [1.29, 1.82) is 0 Å². The number of carbonyl (C=O) groups is 1. The van der Waals surface area contributed by atoms with E-state index in [-0.39, 0.29) is 11.4 Å². The average Bonchev–Trinajstić information content (AvgIpc) is 2.60. The molecule has 0 spiro atoms. The van der Waals surface area contributed by atoms with E-state index in [2.05, 4.69) is 5.32 Å². The quantitative estimate of drug-likeness (QED) is 0.829. The van der Waals surface area contributed by atoms with Gasteiger partial charge in [0, 0.05) is 10.9 Å². The van der Waals surface area contributed by atoms with E-state index in [9.17, 15) is 10.0 Å². The van der Waals surface area contributed by atoms with Crippen LogP contribution in [0.25, 0.3) is 10.9 Å². The summed E-state index contributed by atoms with van der Waals surface area (Å²) in [6, 6.07) is 5.35. The van der Waals surface area contributed by atoms with Crippen LogP contribution in [0.3, 0.4) is 0 Å². The maximum absolute atomic E-state index is 12.4. The van der Waals surface area contributed by atoms with Gasteiger partial charge in [-0.2, -0.15) is 4.73 Å². The molecule has 0 aliphatic carbocycles. The Hall–Kier alpha value is -2.17. The summed E-state index contributed by atoms with van der Waals surface area (Å²) in [6.45, 7) is 7.45. The molecule has 1 aromatic heterocycles. The van der Waals surface area contributed by atoms with Gasteiger partial charge in [0.2, 0.25) is 0 Å². The Morgan fingerprint density at radius 2 is 2.00 bits per heavy atom. The normalized spacial score (nSPS) is 11.7. The number of aromatic nitrogens is 1. The third-order valence-electron chi connectivity index (χ3n) is 3.10. The minimum Gasteiger partial charge on any atom is -0.494 e. The van der Waals surface area contributed by atoms with Crippen LogP contribution in [0.2, 0.25) is 0 Å². The smallest absolute Gasteiger partial charge is 0.254 e. The largest absolute Gasteiger partial charge is 0.494 e. The van der Waals surface area contributed by atoms with Crippen molar-refractivity contribution < 1.29 is 14.7 Å². The zero-order valence-electron chi connectivity index (χ0n) is 12.4. The van der Waals surface area contributed by atoms with E-state index in [4.69, 9.17) is 4.74 Å². The van der Waals surface area contributed by atoms with Gasteiger partial charge in [-0.1, -0.05) is 12.1 Å². The van der Waals surface area contributed by atoms with E-state index in [0.29, 0.717) is 27.9 Å². The fourth-order valence-electron chi connectivity index (χ4n) is 2.27. The standard InChI is InChI=1S/C15H20N2O3/c1-9-12(14(18)16-15(2,3)4)10-7-6-8-11(20-5)13(10)17(9)19/h6-8,19H,1-5H3,(H,16,18). The highest BCUT2D eigenvalue weighted by Crippen LogP contribution is 2.31. The number of rotatable bonds is 2. The van der Waals surface area contributed by atoms with E-state index in [1.807, 2.05) is 20.8 Å². The predicted molar refractivity (Wildman–Crippen MR) is 77.6 cm³/mol. The molecule has 0 saturated carbocycles. The molecule has 20 heavy (non-hydrogen) atoms. The second-order valence-corrected chi connectivity index (χ2v) is 5.83. The zero-order chi connectivity index (χ0) is 15.1. The summed E-state index contributed by atoms with van der Waals surface area (Å²) in [5, 5.41) is 13.8. The molecule has 1 heterocycles. The molecule has 0 fully saturated rings. The second kappa shape index (κ2) is 4.74. The van der Waals surface area contributed by atoms with Gasteiger partial charge in [-0.3, -0.25) is 4.79 Å². The number of amides is 1. The molecule has 1 amide bonds. The first-order chi connectivity index (χ1) is 9.26. The molecular formula is C15H20N2O3. The van der Waals surface area contributed by atoms with E-state index >= 15 is 0 Å². The van der Waals surface area contributed by atoms with Crippen LogP contribution in [0.1, 0.15) is 36.8 Å². The van der Waals surface area contributed by atoms with Gasteiger partial charge < -0.3 is 15.3 Å². The lowest BCUT2D eigenvalue weighted by atomic mass is 10.1. The van der Waals surface area contributed by atoms with Crippen LogP contribution in [0.4, 0.5) is 0 Å². The Kier molecular flexibility index (Phi) is 3.38. The first-order valence-electron chi connectivity index (χ1n) is 6.46. The van der Waals surface area contributed by atoms with Crippen molar-refractivity contribution in [2.45, 2.75) is 33.2 Å². The first kappa shape index (κ1) is 14.2. The summed E-state index contributed by atoms with van der Waals surface area (Å²) in [6.07, 6.45) is 0. The van der Waals surface area contributed by atoms with E-state index in [1.54, 1.807) is 25.1 Å². The summed E-state index contributed by atoms with van der Waals surface area (Å²) in [7, 11) is 1.53. The number of nitrogens with one attached hydrogen (secondary N) is 1. The van der Waals surface area contributed by atoms with Crippen LogP contribution >= 0.6 is 0 Å². The second-order valence-electron chi connectivity index (χ2n) is 5.83. The molecule has 1 aromatic carbocycles. The Balaban J connectivity index is 2.66. The average molecular weight is 276 g/mol. The zero-order valence-corrected chi connectivity index (χ0v) is 12.4. The number of para-hydroxylation sites is 1. The molecule has 0 aliphatic heterocycles. The Bertz CT molecular complexity index is 666. The van der Waals surface area contributed by atoms with E-state index < -0.39 is 0 Å². The molecule has 0 aliphatic rings. The topological polar surface area (TPSA) is 63.5 Å². The molecule has 108 valence electrons. The van der Waals surface area contributed by atoms with Gasteiger partial charge >= 0.3 is 0 Å². The van der Waals surface area contributed by atoms with Crippen molar-refractivity contribution in [1.82, 2.24) is 10.0 Å². The predicted octanol–water partition coefficient (Wildman–Crippen LogP) is 2.72. The number of ether oxygens (including phenoxy) is 1. The summed E-state index contributed by atoms with van der Waals surface area (Å²) in [5.74, 6) is 0.323. The molecule has 5 heteroatoms. The van der Waals surface area contributed by atoms with E-state index in [0.717, 1.165) is 4.73 Å². The third-order valence-corrected chi connectivity index (χ3v) is 3.10. The number of hydrogen-bond donors (Lipinski definition) is 2. The summed E-state index contributed by atoms with van der Waals surface area (Å²) >= 11 is 0. The Labute approximate surface area is 118 Å². The fraction of sp³-hybridized carbons (Fsp3) is 0.400. The van der Waals surface area contributed by atoms with E-state index in [1.165, 1.54) is 7.11 Å². The molecule has 0 bridgehead atoms. The van der Waals surface area contributed by atoms with Gasteiger partial charge in [0.15, 0.2) is 0 Å². The van der Waals surface area contributed by atoms with Crippen molar-refractivity contribution in [2.24, 2.45) is 0 Å². The van der Waals surface area contributed by atoms with Crippen LogP contribution < -0.4 is 10.1 Å². The van der Waals surface area contributed by atoms with Gasteiger partial charge in [-0.25, -0.2) is 0 Å². The van der Waals surface area contributed by atoms with Crippen molar-refractivity contribution in [3.63, 3.8) is 0 Å². The number of fused-ring (bicyclic) bond motifs is 1. The summed E-state index contributed by atoms with van der Waals surface area (Å²) < 4.78 is 6.25. The molecule has 2 aromatic rings. The van der Waals surface area contributed by atoms with Crippen molar-refractivity contribution in [3.8, 4) is 5.75 Å². The van der Waals surface area contributed by atoms with Crippen LogP contribution in [0, 0.1) is 6.92 Å². The Morgan fingerprint density at radius 3 is 2.55 bits per heavy atom. The van der Waals surface area contributed by atoms with Crippen molar-refractivity contribution in [3.05, 3.63) is 29.5 Å². The van der Waals surface area contributed by atoms with Gasteiger partial charge in [0.1, 0.15) is 11.3 Å². The SMILES string of the molecule is COc1cccc2c(C(=O)NC(C)(C)C)c(C)n(O)c12. The highest BCUT2D eigenvalue weighted by molar-refractivity contribution is 6.09. The minimum atomic E-state index is -0.341. The monoisotopic (exact) mass is 276 g/mol. The fourth-order valence-corrected chi connectivity index (χ4v) is 2.27. The van der Waals surface area contributed by atoms with Gasteiger partial charge in [-0.15, -0.1) is 0 Å². The highest BCUT2D eigenvalue weighted by Gasteiger charge is 2.24. The van der Waals surface area contributed by atoms with Crippen LogP contribution in [-0.2, 0) is 0 Å². The molecular weight excluding hydrogens is 256 g/mol. The third kappa shape index (κ3) is 2.31. The maximum atomic E-state index is 12.4. The van der Waals surface area contributed by atoms with Gasteiger partial charge in [0.05, 0.1) is 18.4 Å². The molecule has 0 atom stereocenters. The minimum absolute atomic E-state index is 0.207. The molecule has 0 unspecified atom stereocenters. The van der Waals surface area contributed by atoms with Crippen LogP contribution in [0.5, 0.6) is 5.75 Å². The lowest BCUT2D eigenvalue weighted by Gasteiger charge is -2.20. The summed E-state index contributed by atoms with van der Waals surface area (Å²) in [5.41, 5.74) is 1.13. The Morgan fingerprint density at radius 1 is 1.35 bits per heavy atom.